The van der Waals surface area contributed by atoms with Gasteiger partial charge < -0.3 is 9.84 Å². The third-order valence-corrected chi connectivity index (χ3v) is 3.33. The lowest BCUT2D eigenvalue weighted by atomic mass is 10.1. The molecule has 5 heteroatoms. The van der Waals surface area contributed by atoms with E-state index >= 15 is 0 Å². The molecule has 0 spiro atoms. The second-order valence-electron chi connectivity index (χ2n) is 4.91. The lowest BCUT2D eigenvalue weighted by molar-refractivity contribution is 0.150. The number of rotatable bonds is 7. The van der Waals surface area contributed by atoms with E-state index in [0.29, 0.717) is 24.5 Å². The van der Waals surface area contributed by atoms with Gasteiger partial charge in [0, 0.05) is 24.5 Å². The quantitative estimate of drug-likeness (QED) is 0.850. The fourth-order valence-electron chi connectivity index (χ4n) is 2.33. The summed E-state index contributed by atoms with van der Waals surface area (Å²) >= 11 is 0. The molecule has 5 nitrogen and oxygen atoms in total. The van der Waals surface area contributed by atoms with Crippen LogP contribution in [0.3, 0.4) is 0 Å². The molecule has 1 aromatic carbocycles. The van der Waals surface area contributed by atoms with Crippen molar-refractivity contribution in [3.05, 3.63) is 52.7 Å². The van der Waals surface area contributed by atoms with Crippen molar-refractivity contribution in [1.29, 1.82) is 0 Å². The highest BCUT2D eigenvalue weighted by Gasteiger charge is 2.15. The molecule has 0 aliphatic heterocycles. The summed E-state index contributed by atoms with van der Waals surface area (Å²) < 4.78 is 8.70. The summed E-state index contributed by atoms with van der Waals surface area (Å²) in [6.07, 6.45) is 3.60. The molecule has 2 aromatic rings. The second kappa shape index (κ2) is 7.13. The summed E-state index contributed by atoms with van der Waals surface area (Å²) in [4.78, 5) is 12.1. The molecule has 1 heterocycles. The van der Waals surface area contributed by atoms with Crippen LogP contribution in [0.4, 0.5) is 0 Å². The van der Waals surface area contributed by atoms with Crippen molar-refractivity contribution in [2.45, 2.75) is 39.5 Å². The van der Waals surface area contributed by atoms with E-state index < -0.39 is 6.10 Å². The van der Waals surface area contributed by atoms with Gasteiger partial charge in [-0.15, -0.1) is 0 Å². The second-order valence-corrected chi connectivity index (χ2v) is 4.91. The number of hydrogen-bond acceptors (Lipinski definition) is 3. The van der Waals surface area contributed by atoms with Crippen molar-refractivity contribution >= 4 is 0 Å². The van der Waals surface area contributed by atoms with Gasteiger partial charge in [0.15, 0.2) is 0 Å². The van der Waals surface area contributed by atoms with Gasteiger partial charge in [0.05, 0.1) is 13.2 Å². The number of para-hydroxylation sites is 1. The monoisotopic (exact) mass is 290 g/mol. The number of aromatic nitrogens is 2. The summed E-state index contributed by atoms with van der Waals surface area (Å²) in [7, 11) is 0. The third-order valence-electron chi connectivity index (χ3n) is 3.33. The molecule has 0 bridgehead atoms. The minimum atomic E-state index is -0.775. The molecule has 0 amide bonds. The van der Waals surface area contributed by atoms with E-state index in [0.717, 1.165) is 6.42 Å². The number of hydrogen-bond donors (Lipinski definition) is 1. The molecule has 0 saturated carbocycles. The minimum absolute atomic E-state index is 0.0928. The Kier molecular flexibility index (Phi) is 5.22. The first-order valence-corrected chi connectivity index (χ1v) is 7.32. The molecule has 0 fully saturated rings. The Balaban J connectivity index is 2.18. The van der Waals surface area contributed by atoms with E-state index in [-0.39, 0.29) is 12.2 Å². The molecule has 1 atom stereocenters. The summed E-state index contributed by atoms with van der Waals surface area (Å²) in [5.41, 5.74) is 0.610. The first-order chi connectivity index (χ1) is 10.2. The third kappa shape index (κ3) is 3.55. The molecule has 21 heavy (non-hydrogen) atoms. The average Bonchev–Trinajstić information content (AvgIpc) is 2.82. The van der Waals surface area contributed by atoms with Crippen molar-refractivity contribution in [3.63, 3.8) is 0 Å². The molecule has 114 valence electrons. The van der Waals surface area contributed by atoms with Crippen LogP contribution in [0.15, 0.2) is 41.5 Å². The van der Waals surface area contributed by atoms with Gasteiger partial charge in [-0.1, -0.05) is 25.1 Å². The van der Waals surface area contributed by atoms with E-state index in [1.165, 1.54) is 4.57 Å². The number of aryl methyl sites for hydroxylation is 1. The molecule has 0 aliphatic carbocycles. The van der Waals surface area contributed by atoms with Crippen LogP contribution in [0.5, 0.6) is 5.75 Å². The zero-order chi connectivity index (χ0) is 15.2. The number of imidazole rings is 1. The lowest BCUT2D eigenvalue weighted by Crippen LogP contribution is -2.26. The van der Waals surface area contributed by atoms with Gasteiger partial charge in [0.1, 0.15) is 11.9 Å². The Morgan fingerprint density at radius 1 is 1.19 bits per heavy atom. The maximum absolute atomic E-state index is 12.1. The number of benzene rings is 1. The number of aliphatic hydroxyl groups is 1. The molecular formula is C16H22N2O3. The number of aliphatic hydroxyl groups excluding tert-OH is 1. The van der Waals surface area contributed by atoms with Gasteiger partial charge in [-0.25, -0.2) is 4.79 Å². The predicted octanol–water partition coefficient (Wildman–Crippen LogP) is 2.19. The van der Waals surface area contributed by atoms with E-state index in [1.807, 2.05) is 38.1 Å². The van der Waals surface area contributed by atoms with Gasteiger partial charge in [-0.2, -0.15) is 0 Å². The predicted molar refractivity (Wildman–Crippen MR) is 81.6 cm³/mol. The SMILES string of the molecule is CCCn1ccn(CC(O)c2ccccc2OCC)c1=O. The Hall–Kier alpha value is -2.01. The van der Waals surface area contributed by atoms with Crippen molar-refractivity contribution in [1.82, 2.24) is 9.13 Å². The average molecular weight is 290 g/mol. The van der Waals surface area contributed by atoms with Gasteiger partial charge in [-0.3, -0.25) is 9.13 Å². The van der Waals surface area contributed by atoms with Gasteiger partial charge in [0.2, 0.25) is 0 Å². The van der Waals surface area contributed by atoms with Crippen LogP contribution in [0.1, 0.15) is 31.9 Å². The van der Waals surface area contributed by atoms with E-state index in [9.17, 15) is 9.90 Å². The highest BCUT2D eigenvalue weighted by molar-refractivity contribution is 5.35. The van der Waals surface area contributed by atoms with Crippen LogP contribution in [0.25, 0.3) is 0 Å². The summed E-state index contributed by atoms with van der Waals surface area (Å²) in [5.74, 6) is 0.661. The highest BCUT2D eigenvalue weighted by atomic mass is 16.5. The van der Waals surface area contributed by atoms with Crippen molar-refractivity contribution in [3.8, 4) is 5.75 Å². The van der Waals surface area contributed by atoms with E-state index in [4.69, 9.17) is 4.74 Å². The smallest absolute Gasteiger partial charge is 0.328 e. The highest BCUT2D eigenvalue weighted by Crippen LogP contribution is 2.25. The maximum Gasteiger partial charge on any atom is 0.328 e. The first kappa shape index (κ1) is 15.4. The van der Waals surface area contributed by atoms with Gasteiger partial charge in [0.25, 0.3) is 0 Å². The van der Waals surface area contributed by atoms with Crippen LogP contribution < -0.4 is 10.4 Å². The van der Waals surface area contributed by atoms with Crippen LogP contribution in [-0.2, 0) is 13.1 Å². The largest absolute Gasteiger partial charge is 0.493 e. The number of nitrogens with zero attached hydrogens (tertiary/aromatic N) is 2. The molecule has 1 N–H and O–H groups in total. The van der Waals surface area contributed by atoms with Crippen LogP contribution in [-0.4, -0.2) is 20.8 Å². The zero-order valence-electron chi connectivity index (χ0n) is 12.5. The van der Waals surface area contributed by atoms with Crippen LogP contribution in [0.2, 0.25) is 0 Å². The topological polar surface area (TPSA) is 56.4 Å². The van der Waals surface area contributed by atoms with Crippen LogP contribution in [0, 0.1) is 0 Å². The summed E-state index contributed by atoms with van der Waals surface area (Å²) in [6.45, 7) is 5.38. The van der Waals surface area contributed by atoms with E-state index in [1.54, 1.807) is 17.0 Å². The lowest BCUT2D eigenvalue weighted by Gasteiger charge is -2.15. The Morgan fingerprint density at radius 2 is 1.90 bits per heavy atom. The Bertz CT molecular complexity index is 630. The molecule has 1 aromatic heterocycles. The van der Waals surface area contributed by atoms with Crippen molar-refractivity contribution in [2.24, 2.45) is 0 Å². The molecule has 0 aliphatic rings. The fraction of sp³-hybridized carbons (Fsp3) is 0.438. The van der Waals surface area contributed by atoms with Crippen molar-refractivity contribution in [2.75, 3.05) is 6.61 Å². The molecule has 1 unspecified atom stereocenters. The normalized spacial score (nSPS) is 12.3. The minimum Gasteiger partial charge on any atom is -0.493 e. The Labute approximate surface area is 124 Å². The number of ether oxygens (including phenoxy) is 1. The molecule has 0 radical (unpaired) electrons. The molecule has 0 saturated heterocycles. The van der Waals surface area contributed by atoms with Crippen molar-refractivity contribution < 1.29 is 9.84 Å². The summed E-state index contributed by atoms with van der Waals surface area (Å²) in [5, 5.41) is 10.4. The molecular weight excluding hydrogens is 268 g/mol. The fourth-order valence-corrected chi connectivity index (χ4v) is 2.33. The summed E-state index contributed by atoms with van der Waals surface area (Å²) in [6, 6.07) is 7.37. The van der Waals surface area contributed by atoms with Crippen LogP contribution >= 0.6 is 0 Å². The molecule has 2 rings (SSSR count). The zero-order valence-corrected chi connectivity index (χ0v) is 12.5. The Morgan fingerprint density at radius 3 is 2.62 bits per heavy atom. The standard InChI is InChI=1S/C16H22N2O3/c1-3-9-17-10-11-18(16(17)20)12-14(19)13-7-5-6-8-15(13)21-4-2/h5-8,10-11,14,19H,3-4,9,12H2,1-2H3. The maximum atomic E-state index is 12.1. The first-order valence-electron chi connectivity index (χ1n) is 7.32. The van der Waals surface area contributed by atoms with Gasteiger partial charge >= 0.3 is 5.69 Å². The van der Waals surface area contributed by atoms with E-state index in [2.05, 4.69) is 0 Å². The van der Waals surface area contributed by atoms with Gasteiger partial charge in [-0.05, 0) is 19.4 Å².